The van der Waals surface area contributed by atoms with Crippen molar-refractivity contribution < 1.29 is 4.39 Å². The minimum Gasteiger partial charge on any atom is -0.324 e. The van der Waals surface area contributed by atoms with Crippen LogP contribution >= 0.6 is 11.8 Å². The Morgan fingerprint density at radius 3 is 3.00 bits per heavy atom. The number of rotatable bonds is 4. The van der Waals surface area contributed by atoms with Gasteiger partial charge in [0, 0.05) is 4.90 Å². The fourth-order valence-electron chi connectivity index (χ4n) is 1.20. The molecule has 6 heteroatoms. The van der Waals surface area contributed by atoms with E-state index in [1.165, 1.54) is 23.9 Å². The molecule has 0 unspecified atom stereocenters. The third-order valence-electron chi connectivity index (χ3n) is 1.93. The standard InChI is InChI=1S/C10H11FN4S/c11-7-2-1-3-8(4-7)16-6-10-13-9(5-12)14-15-10/h1-4H,5-6,12H2,(H,13,14,15). The Kier molecular flexibility index (Phi) is 3.53. The van der Waals surface area contributed by atoms with Gasteiger partial charge >= 0.3 is 0 Å². The summed E-state index contributed by atoms with van der Waals surface area (Å²) in [6.07, 6.45) is 0. The van der Waals surface area contributed by atoms with Crippen molar-refractivity contribution in [2.45, 2.75) is 17.2 Å². The molecule has 0 saturated carbocycles. The van der Waals surface area contributed by atoms with Crippen molar-refractivity contribution in [3.8, 4) is 0 Å². The molecule has 0 aliphatic heterocycles. The van der Waals surface area contributed by atoms with E-state index in [1.807, 2.05) is 6.07 Å². The Morgan fingerprint density at radius 2 is 2.31 bits per heavy atom. The van der Waals surface area contributed by atoms with Crippen LogP contribution in [0.2, 0.25) is 0 Å². The predicted octanol–water partition coefficient (Wildman–Crippen LogP) is 1.69. The van der Waals surface area contributed by atoms with E-state index in [2.05, 4.69) is 15.2 Å². The Bertz CT molecular complexity index is 471. The lowest BCUT2D eigenvalue weighted by atomic mass is 10.4. The van der Waals surface area contributed by atoms with E-state index in [-0.39, 0.29) is 5.82 Å². The quantitative estimate of drug-likeness (QED) is 0.795. The van der Waals surface area contributed by atoms with E-state index in [0.717, 1.165) is 10.7 Å². The summed E-state index contributed by atoms with van der Waals surface area (Å²) in [4.78, 5) is 5.03. The van der Waals surface area contributed by atoms with Gasteiger partial charge in [-0.25, -0.2) is 9.37 Å². The number of hydrogen-bond donors (Lipinski definition) is 2. The van der Waals surface area contributed by atoms with Crippen LogP contribution in [0.4, 0.5) is 4.39 Å². The fourth-order valence-corrected chi connectivity index (χ4v) is 2.00. The molecule has 0 fully saturated rings. The van der Waals surface area contributed by atoms with Gasteiger partial charge in [0.1, 0.15) is 11.6 Å². The molecule has 84 valence electrons. The van der Waals surface area contributed by atoms with Gasteiger partial charge in [0.05, 0.1) is 12.3 Å². The Balaban J connectivity index is 1.96. The van der Waals surface area contributed by atoms with Gasteiger partial charge in [-0.2, -0.15) is 5.10 Å². The number of aromatic nitrogens is 3. The Morgan fingerprint density at radius 1 is 1.44 bits per heavy atom. The van der Waals surface area contributed by atoms with Gasteiger partial charge in [-0.05, 0) is 18.2 Å². The molecule has 2 aromatic rings. The monoisotopic (exact) mass is 238 g/mol. The first kappa shape index (κ1) is 11.1. The lowest BCUT2D eigenvalue weighted by Crippen LogP contribution is -1.98. The smallest absolute Gasteiger partial charge is 0.164 e. The first-order valence-corrected chi connectivity index (χ1v) is 5.75. The average Bonchev–Trinajstić information content (AvgIpc) is 2.74. The van der Waals surface area contributed by atoms with Gasteiger partial charge in [0.2, 0.25) is 0 Å². The molecule has 4 nitrogen and oxygen atoms in total. The van der Waals surface area contributed by atoms with Crippen molar-refractivity contribution in [3.05, 3.63) is 41.7 Å². The summed E-state index contributed by atoms with van der Waals surface area (Å²) in [5, 5.41) is 6.70. The number of hydrogen-bond acceptors (Lipinski definition) is 4. The normalized spacial score (nSPS) is 10.6. The van der Waals surface area contributed by atoms with Crippen molar-refractivity contribution in [3.63, 3.8) is 0 Å². The summed E-state index contributed by atoms with van der Waals surface area (Å²) in [6, 6.07) is 6.45. The fraction of sp³-hybridized carbons (Fsp3) is 0.200. The molecule has 0 radical (unpaired) electrons. The molecular formula is C10H11FN4S. The summed E-state index contributed by atoms with van der Waals surface area (Å²) >= 11 is 1.50. The van der Waals surface area contributed by atoms with E-state index in [4.69, 9.17) is 5.73 Å². The van der Waals surface area contributed by atoms with Gasteiger partial charge in [-0.15, -0.1) is 11.8 Å². The number of aromatic amines is 1. The number of H-pyrrole nitrogens is 1. The van der Waals surface area contributed by atoms with Crippen LogP contribution in [0.25, 0.3) is 0 Å². The van der Waals surface area contributed by atoms with Crippen LogP contribution in [0.1, 0.15) is 11.6 Å². The molecule has 1 heterocycles. The van der Waals surface area contributed by atoms with Gasteiger partial charge in [-0.1, -0.05) is 6.07 Å². The molecule has 0 amide bonds. The zero-order valence-corrected chi connectivity index (χ0v) is 9.30. The maximum absolute atomic E-state index is 12.9. The number of thioether (sulfide) groups is 1. The molecule has 2 rings (SSSR count). The molecule has 0 aliphatic carbocycles. The Hall–Kier alpha value is -1.40. The minimum atomic E-state index is -0.231. The molecule has 0 saturated heterocycles. The molecule has 0 atom stereocenters. The number of benzene rings is 1. The molecule has 0 bridgehead atoms. The van der Waals surface area contributed by atoms with Crippen molar-refractivity contribution in [2.75, 3.05) is 0 Å². The number of nitrogens with two attached hydrogens (primary N) is 1. The Labute approximate surface area is 96.5 Å². The second-order valence-corrected chi connectivity index (χ2v) is 4.20. The zero-order valence-electron chi connectivity index (χ0n) is 8.48. The maximum Gasteiger partial charge on any atom is 0.164 e. The molecule has 3 N–H and O–H groups in total. The largest absolute Gasteiger partial charge is 0.324 e. The summed E-state index contributed by atoms with van der Waals surface area (Å²) in [5.41, 5.74) is 5.39. The molecule has 16 heavy (non-hydrogen) atoms. The van der Waals surface area contributed by atoms with Crippen molar-refractivity contribution >= 4 is 11.8 Å². The predicted molar refractivity (Wildman–Crippen MR) is 60.2 cm³/mol. The van der Waals surface area contributed by atoms with E-state index >= 15 is 0 Å². The van der Waals surface area contributed by atoms with Crippen molar-refractivity contribution in [2.24, 2.45) is 5.73 Å². The summed E-state index contributed by atoms with van der Waals surface area (Å²) in [6.45, 7) is 0.321. The number of nitrogens with zero attached hydrogens (tertiary/aromatic N) is 2. The SMILES string of the molecule is NCc1n[nH]c(CSc2cccc(F)c2)n1. The van der Waals surface area contributed by atoms with Gasteiger partial charge in [-0.3, -0.25) is 5.10 Å². The minimum absolute atomic E-state index is 0.231. The molecule has 1 aromatic carbocycles. The summed E-state index contributed by atoms with van der Waals surface area (Å²) < 4.78 is 12.9. The second kappa shape index (κ2) is 5.09. The van der Waals surface area contributed by atoms with E-state index in [0.29, 0.717) is 18.1 Å². The van der Waals surface area contributed by atoms with Crippen LogP contribution in [-0.4, -0.2) is 15.2 Å². The average molecular weight is 238 g/mol. The van der Waals surface area contributed by atoms with Crippen LogP contribution in [0.15, 0.2) is 29.2 Å². The van der Waals surface area contributed by atoms with Crippen molar-refractivity contribution in [1.29, 1.82) is 0 Å². The maximum atomic E-state index is 12.9. The van der Waals surface area contributed by atoms with Crippen LogP contribution in [0, 0.1) is 5.82 Å². The third-order valence-corrected chi connectivity index (χ3v) is 2.94. The first-order valence-electron chi connectivity index (χ1n) is 4.76. The molecular weight excluding hydrogens is 227 g/mol. The third kappa shape index (κ3) is 2.80. The first-order chi connectivity index (χ1) is 7.78. The molecule has 1 aromatic heterocycles. The lowest BCUT2D eigenvalue weighted by molar-refractivity contribution is 0.624. The molecule has 0 aliphatic rings. The van der Waals surface area contributed by atoms with Gasteiger partial charge in [0.15, 0.2) is 5.82 Å². The van der Waals surface area contributed by atoms with E-state index in [9.17, 15) is 4.39 Å². The molecule has 0 spiro atoms. The van der Waals surface area contributed by atoms with E-state index < -0.39 is 0 Å². The topological polar surface area (TPSA) is 67.6 Å². The van der Waals surface area contributed by atoms with Crippen molar-refractivity contribution in [1.82, 2.24) is 15.2 Å². The zero-order chi connectivity index (χ0) is 11.4. The van der Waals surface area contributed by atoms with Gasteiger partial charge < -0.3 is 5.73 Å². The highest BCUT2D eigenvalue weighted by Crippen LogP contribution is 2.21. The summed E-state index contributed by atoms with van der Waals surface area (Å²) in [7, 11) is 0. The highest BCUT2D eigenvalue weighted by molar-refractivity contribution is 7.98. The van der Waals surface area contributed by atoms with Crippen LogP contribution in [0.5, 0.6) is 0 Å². The number of nitrogens with one attached hydrogen (secondary N) is 1. The summed E-state index contributed by atoms with van der Waals surface area (Å²) in [5.74, 6) is 1.73. The van der Waals surface area contributed by atoms with Crippen LogP contribution in [0.3, 0.4) is 0 Å². The van der Waals surface area contributed by atoms with Gasteiger partial charge in [0.25, 0.3) is 0 Å². The lowest BCUT2D eigenvalue weighted by Gasteiger charge is -1.98. The van der Waals surface area contributed by atoms with Crippen LogP contribution in [-0.2, 0) is 12.3 Å². The number of halogens is 1. The van der Waals surface area contributed by atoms with E-state index in [1.54, 1.807) is 6.07 Å². The second-order valence-electron chi connectivity index (χ2n) is 3.15. The highest BCUT2D eigenvalue weighted by atomic mass is 32.2. The van der Waals surface area contributed by atoms with Crippen LogP contribution < -0.4 is 5.73 Å². The highest BCUT2D eigenvalue weighted by Gasteiger charge is 2.02.